The number of nitrogens with zero attached hydrogens (tertiary/aromatic N) is 2. The Balaban J connectivity index is 1.32. The number of carbonyl (C=O) groups is 2. The van der Waals surface area contributed by atoms with Crippen LogP contribution < -0.4 is 4.74 Å². The summed E-state index contributed by atoms with van der Waals surface area (Å²) in [6.07, 6.45) is 2.57. The Labute approximate surface area is 168 Å². The van der Waals surface area contributed by atoms with Crippen LogP contribution in [0.3, 0.4) is 0 Å². The van der Waals surface area contributed by atoms with Crippen molar-refractivity contribution in [1.29, 1.82) is 0 Å². The van der Waals surface area contributed by atoms with E-state index in [0.29, 0.717) is 43.2 Å². The lowest BCUT2D eigenvalue weighted by atomic mass is 10.2. The summed E-state index contributed by atoms with van der Waals surface area (Å²) in [6, 6.07) is 10.1. The maximum absolute atomic E-state index is 12.6. The SMILES string of the molecule is COC(=O)c1ccc(OC2CO[C@H]3CN(C(=O)c4ccncc4)C[C@@H]3OC2)cc1. The van der Waals surface area contributed by atoms with Gasteiger partial charge >= 0.3 is 5.97 Å². The fourth-order valence-corrected chi connectivity index (χ4v) is 3.46. The number of hydrogen-bond donors (Lipinski definition) is 0. The van der Waals surface area contributed by atoms with Crippen molar-refractivity contribution in [1.82, 2.24) is 9.88 Å². The molecule has 1 aromatic heterocycles. The van der Waals surface area contributed by atoms with Crippen LogP contribution in [0.1, 0.15) is 20.7 Å². The normalized spacial score (nSPS) is 21.9. The summed E-state index contributed by atoms with van der Waals surface area (Å²) in [7, 11) is 1.34. The van der Waals surface area contributed by atoms with E-state index < -0.39 is 5.97 Å². The predicted octanol–water partition coefficient (Wildman–Crippen LogP) is 1.56. The molecule has 1 amide bonds. The molecular weight excluding hydrogens is 376 g/mol. The van der Waals surface area contributed by atoms with E-state index in [2.05, 4.69) is 9.72 Å². The van der Waals surface area contributed by atoms with Gasteiger partial charge in [-0.2, -0.15) is 0 Å². The number of amides is 1. The van der Waals surface area contributed by atoms with Gasteiger partial charge < -0.3 is 23.8 Å². The minimum absolute atomic E-state index is 0.0498. The van der Waals surface area contributed by atoms with Gasteiger partial charge in [0.25, 0.3) is 5.91 Å². The molecule has 0 aliphatic carbocycles. The maximum atomic E-state index is 12.6. The van der Waals surface area contributed by atoms with Gasteiger partial charge in [-0.3, -0.25) is 9.78 Å². The fraction of sp³-hybridized carbons (Fsp3) is 0.381. The molecule has 0 unspecified atom stereocenters. The molecular formula is C21H22N2O6. The molecule has 2 fully saturated rings. The van der Waals surface area contributed by atoms with E-state index in [0.717, 1.165) is 0 Å². The molecule has 0 radical (unpaired) electrons. The van der Waals surface area contributed by atoms with Crippen LogP contribution in [0.2, 0.25) is 0 Å². The van der Waals surface area contributed by atoms with Crippen LogP contribution in [-0.2, 0) is 14.2 Å². The molecule has 0 bridgehead atoms. The molecule has 8 heteroatoms. The lowest BCUT2D eigenvalue weighted by Crippen LogP contribution is -2.32. The smallest absolute Gasteiger partial charge is 0.337 e. The Morgan fingerprint density at radius 3 is 2.17 bits per heavy atom. The van der Waals surface area contributed by atoms with Crippen molar-refractivity contribution >= 4 is 11.9 Å². The van der Waals surface area contributed by atoms with Crippen LogP contribution in [0, 0.1) is 0 Å². The van der Waals surface area contributed by atoms with E-state index in [9.17, 15) is 9.59 Å². The molecule has 1 aromatic carbocycles. The number of rotatable bonds is 4. The van der Waals surface area contributed by atoms with Gasteiger partial charge in [-0.1, -0.05) is 0 Å². The molecule has 152 valence electrons. The number of fused-ring (bicyclic) bond motifs is 1. The molecule has 2 saturated heterocycles. The molecule has 0 spiro atoms. The molecule has 0 saturated carbocycles. The second-order valence-electron chi connectivity index (χ2n) is 6.95. The van der Waals surface area contributed by atoms with Crippen LogP contribution in [0.25, 0.3) is 0 Å². The molecule has 2 atom stereocenters. The summed E-state index contributed by atoms with van der Waals surface area (Å²) in [5, 5.41) is 0. The van der Waals surface area contributed by atoms with Crippen LogP contribution in [0.15, 0.2) is 48.8 Å². The Morgan fingerprint density at radius 2 is 1.59 bits per heavy atom. The lowest BCUT2D eigenvalue weighted by molar-refractivity contribution is -0.00461. The van der Waals surface area contributed by atoms with E-state index in [1.807, 2.05) is 0 Å². The molecule has 0 N–H and O–H groups in total. The first-order valence-corrected chi connectivity index (χ1v) is 9.41. The second-order valence-corrected chi connectivity index (χ2v) is 6.95. The van der Waals surface area contributed by atoms with Gasteiger partial charge in [-0.25, -0.2) is 4.79 Å². The van der Waals surface area contributed by atoms with Gasteiger partial charge in [0, 0.05) is 31.0 Å². The number of esters is 1. The van der Waals surface area contributed by atoms with E-state index in [1.54, 1.807) is 53.7 Å². The number of carbonyl (C=O) groups excluding carboxylic acids is 2. The van der Waals surface area contributed by atoms with Gasteiger partial charge in [0.2, 0.25) is 0 Å². The first-order valence-electron chi connectivity index (χ1n) is 9.41. The zero-order valence-corrected chi connectivity index (χ0v) is 16.0. The van der Waals surface area contributed by atoms with Crippen LogP contribution in [0.4, 0.5) is 0 Å². The van der Waals surface area contributed by atoms with Crippen molar-refractivity contribution in [3.63, 3.8) is 0 Å². The number of aromatic nitrogens is 1. The minimum atomic E-state index is -0.392. The second kappa shape index (κ2) is 8.59. The minimum Gasteiger partial charge on any atom is -0.486 e. The monoisotopic (exact) mass is 398 g/mol. The molecule has 29 heavy (non-hydrogen) atoms. The number of ether oxygens (including phenoxy) is 4. The van der Waals surface area contributed by atoms with Gasteiger partial charge in [0.1, 0.15) is 24.1 Å². The van der Waals surface area contributed by atoms with Crippen LogP contribution in [-0.4, -0.2) is 73.5 Å². The Hall–Kier alpha value is -2.97. The van der Waals surface area contributed by atoms with Crippen LogP contribution >= 0.6 is 0 Å². The van der Waals surface area contributed by atoms with Crippen molar-refractivity contribution in [2.24, 2.45) is 0 Å². The highest BCUT2D eigenvalue weighted by Gasteiger charge is 2.39. The van der Waals surface area contributed by atoms with Crippen molar-refractivity contribution in [2.45, 2.75) is 18.3 Å². The molecule has 4 rings (SSSR count). The first-order chi connectivity index (χ1) is 14.1. The maximum Gasteiger partial charge on any atom is 0.337 e. The summed E-state index contributed by atoms with van der Waals surface area (Å²) in [6.45, 7) is 1.67. The zero-order chi connectivity index (χ0) is 20.2. The quantitative estimate of drug-likeness (QED) is 0.722. The Bertz CT molecular complexity index is 841. The summed E-state index contributed by atoms with van der Waals surface area (Å²) >= 11 is 0. The van der Waals surface area contributed by atoms with Crippen molar-refractivity contribution < 1.29 is 28.5 Å². The van der Waals surface area contributed by atoms with Gasteiger partial charge in [0.15, 0.2) is 0 Å². The summed E-state index contributed by atoms with van der Waals surface area (Å²) in [5.74, 6) is 0.180. The Morgan fingerprint density at radius 1 is 0.966 bits per heavy atom. The van der Waals surface area contributed by atoms with E-state index in [4.69, 9.17) is 14.2 Å². The largest absolute Gasteiger partial charge is 0.486 e. The van der Waals surface area contributed by atoms with Gasteiger partial charge in [-0.15, -0.1) is 0 Å². The summed E-state index contributed by atoms with van der Waals surface area (Å²) in [5.41, 5.74) is 1.06. The predicted molar refractivity (Wildman–Crippen MR) is 102 cm³/mol. The standard InChI is InChI=1S/C21H22N2O6/c1-26-21(25)15-2-4-16(5-3-15)29-17-12-27-18-10-23(11-19(18)28-13-17)20(24)14-6-8-22-9-7-14/h2-9,17-19H,10-13H2,1H3/t18-,19-/m0/s1. The number of pyridine rings is 1. The van der Waals surface area contributed by atoms with Crippen molar-refractivity contribution in [3.05, 3.63) is 59.9 Å². The summed E-state index contributed by atoms with van der Waals surface area (Å²) < 4.78 is 22.6. The van der Waals surface area contributed by atoms with E-state index in [1.165, 1.54) is 7.11 Å². The third-order valence-electron chi connectivity index (χ3n) is 5.00. The van der Waals surface area contributed by atoms with Crippen molar-refractivity contribution in [3.8, 4) is 5.75 Å². The fourth-order valence-electron chi connectivity index (χ4n) is 3.46. The first kappa shape index (κ1) is 19.4. The van der Waals surface area contributed by atoms with Crippen LogP contribution in [0.5, 0.6) is 5.75 Å². The highest BCUT2D eigenvalue weighted by Crippen LogP contribution is 2.23. The average molecular weight is 398 g/mol. The van der Waals surface area contributed by atoms with Crippen molar-refractivity contribution in [2.75, 3.05) is 33.4 Å². The average Bonchev–Trinajstić information content (AvgIpc) is 3.09. The highest BCUT2D eigenvalue weighted by molar-refractivity contribution is 5.94. The molecule has 3 heterocycles. The third-order valence-corrected chi connectivity index (χ3v) is 5.00. The zero-order valence-electron chi connectivity index (χ0n) is 16.0. The molecule has 2 aliphatic rings. The van der Waals surface area contributed by atoms with E-state index in [-0.39, 0.29) is 24.2 Å². The highest BCUT2D eigenvalue weighted by atomic mass is 16.6. The van der Waals surface area contributed by atoms with Gasteiger partial charge in [0.05, 0.1) is 25.9 Å². The third kappa shape index (κ3) is 4.38. The summed E-state index contributed by atoms with van der Waals surface area (Å²) in [4.78, 5) is 29.8. The lowest BCUT2D eigenvalue weighted by Gasteiger charge is -2.19. The number of methoxy groups -OCH3 is 1. The topological polar surface area (TPSA) is 87.2 Å². The molecule has 2 aliphatic heterocycles. The Kier molecular flexibility index (Phi) is 5.73. The number of hydrogen-bond acceptors (Lipinski definition) is 7. The van der Waals surface area contributed by atoms with E-state index >= 15 is 0 Å². The molecule has 2 aromatic rings. The number of benzene rings is 1. The van der Waals surface area contributed by atoms with Gasteiger partial charge in [-0.05, 0) is 36.4 Å². The molecule has 8 nitrogen and oxygen atoms in total. The number of likely N-dealkylation sites (tertiary alicyclic amines) is 1.